The maximum atomic E-state index is 2.52. The van der Waals surface area contributed by atoms with Gasteiger partial charge in [-0.15, -0.1) is 34.0 Å². The van der Waals surface area contributed by atoms with E-state index in [4.69, 9.17) is 0 Å². The van der Waals surface area contributed by atoms with Crippen molar-refractivity contribution in [2.24, 2.45) is 0 Å². The first-order valence-corrected chi connectivity index (χ1v) is 12.6. The summed E-state index contributed by atoms with van der Waals surface area (Å²) in [6.07, 6.45) is 7.45. The second-order valence-electron chi connectivity index (χ2n) is 7.46. The second kappa shape index (κ2) is 7.20. The highest BCUT2D eigenvalue weighted by Gasteiger charge is 2.17. The lowest BCUT2D eigenvalue weighted by Crippen LogP contribution is -1.87. The lowest BCUT2D eigenvalue weighted by Gasteiger charge is -2.06. The van der Waals surface area contributed by atoms with E-state index in [1.807, 2.05) is 34.0 Å². The molecular formula is C24H24S3. The van der Waals surface area contributed by atoms with Crippen molar-refractivity contribution in [3.63, 3.8) is 0 Å². The first kappa shape index (κ1) is 17.7. The van der Waals surface area contributed by atoms with E-state index < -0.39 is 0 Å². The van der Waals surface area contributed by atoms with Crippen LogP contribution >= 0.6 is 34.0 Å². The van der Waals surface area contributed by atoms with Crippen molar-refractivity contribution in [3.8, 4) is 0 Å². The molecule has 0 radical (unpaired) electrons. The maximum Gasteiger partial charge on any atom is 0.0534 e. The van der Waals surface area contributed by atoms with E-state index in [0.29, 0.717) is 0 Å². The minimum atomic E-state index is 1.20. The third kappa shape index (κ3) is 2.83. The van der Waals surface area contributed by atoms with E-state index in [-0.39, 0.29) is 0 Å². The van der Waals surface area contributed by atoms with Gasteiger partial charge in [0, 0.05) is 10.8 Å². The van der Waals surface area contributed by atoms with Crippen molar-refractivity contribution in [1.82, 2.24) is 0 Å². The normalized spacial score (nSPS) is 12.2. The van der Waals surface area contributed by atoms with Crippen molar-refractivity contribution in [2.75, 3.05) is 0 Å². The molecule has 0 bridgehead atoms. The second-order valence-corrected chi connectivity index (χ2v) is 10.3. The summed E-state index contributed by atoms with van der Waals surface area (Å²) in [5, 5.41) is 10.5. The summed E-state index contributed by atoms with van der Waals surface area (Å²) in [5.41, 5.74) is 3.09. The first-order chi connectivity index (χ1) is 13.3. The van der Waals surface area contributed by atoms with E-state index in [1.54, 1.807) is 11.1 Å². The molecule has 0 aliphatic heterocycles. The van der Waals surface area contributed by atoms with Crippen molar-refractivity contribution < 1.29 is 0 Å². The van der Waals surface area contributed by atoms with Crippen LogP contribution < -0.4 is 0 Å². The van der Waals surface area contributed by atoms with E-state index in [0.717, 1.165) is 0 Å². The zero-order valence-electron chi connectivity index (χ0n) is 15.9. The van der Waals surface area contributed by atoms with Gasteiger partial charge in [-0.25, -0.2) is 0 Å². The first-order valence-electron chi connectivity index (χ1n) is 10.1. The molecule has 0 atom stereocenters. The highest BCUT2D eigenvalue weighted by Crippen LogP contribution is 2.46. The lowest BCUT2D eigenvalue weighted by atomic mass is 9.98. The number of hydrogen-bond donors (Lipinski definition) is 0. The fourth-order valence-electron chi connectivity index (χ4n) is 4.21. The summed E-state index contributed by atoms with van der Waals surface area (Å²) in [6, 6.07) is 9.70. The molecule has 0 unspecified atom stereocenters. The smallest absolute Gasteiger partial charge is 0.0534 e. The molecule has 0 spiro atoms. The van der Waals surface area contributed by atoms with Crippen LogP contribution in [0, 0.1) is 0 Å². The van der Waals surface area contributed by atoms with E-state index >= 15 is 0 Å². The Morgan fingerprint density at radius 2 is 1.11 bits per heavy atom. The quantitative estimate of drug-likeness (QED) is 0.263. The average Bonchev–Trinajstić information content (AvgIpc) is 3.41. The molecule has 0 saturated heterocycles. The molecule has 0 saturated carbocycles. The van der Waals surface area contributed by atoms with Gasteiger partial charge >= 0.3 is 0 Å². The van der Waals surface area contributed by atoms with Crippen LogP contribution in [0.25, 0.3) is 40.3 Å². The molecule has 5 rings (SSSR count). The number of fused-ring (bicyclic) bond motifs is 7. The Morgan fingerprint density at radius 3 is 1.56 bits per heavy atom. The van der Waals surface area contributed by atoms with Gasteiger partial charge in [-0.2, -0.15) is 0 Å². The largest absolute Gasteiger partial charge is 0.142 e. The van der Waals surface area contributed by atoms with Gasteiger partial charge in [-0.05, 0) is 82.6 Å². The Kier molecular flexibility index (Phi) is 4.71. The average molecular weight is 409 g/mol. The molecule has 0 aliphatic rings. The molecule has 0 fully saturated rings. The molecule has 5 aromatic rings. The minimum absolute atomic E-state index is 1.20. The van der Waals surface area contributed by atoms with Gasteiger partial charge in [-0.1, -0.05) is 26.7 Å². The number of rotatable bonds is 6. The highest BCUT2D eigenvalue weighted by atomic mass is 32.1. The fourth-order valence-corrected chi connectivity index (χ4v) is 7.68. The molecule has 0 N–H and O–H groups in total. The minimum Gasteiger partial charge on any atom is -0.142 e. The summed E-state index contributed by atoms with van der Waals surface area (Å²) in [4.78, 5) is 0. The van der Waals surface area contributed by atoms with Gasteiger partial charge < -0.3 is 0 Å². The standard InChI is InChI=1S/C24H24S3/c1-3-5-7-15-13-19-20-14-16(8-6-4-2)18-10-12-26-22(18)24(20)27-23(19)21-17(15)9-11-25-21/h9-14H,3-8H2,1-2H3. The molecule has 3 heterocycles. The van der Waals surface area contributed by atoms with Gasteiger partial charge in [0.25, 0.3) is 0 Å². The van der Waals surface area contributed by atoms with Gasteiger partial charge in [-0.3, -0.25) is 0 Å². The van der Waals surface area contributed by atoms with Crippen LogP contribution in [0.3, 0.4) is 0 Å². The Bertz CT molecular complexity index is 1150. The van der Waals surface area contributed by atoms with Gasteiger partial charge in [0.15, 0.2) is 0 Å². The maximum absolute atomic E-state index is 2.52. The summed E-state index contributed by atoms with van der Waals surface area (Å²) in [7, 11) is 0. The van der Waals surface area contributed by atoms with Crippen molar-refractivity contribution in [2.45, 2.75) is 52.4 Å². The monoisotopic (exact) mass is 408 g/mol. The SMILES string of the molecule is CCCCc1cc2c3cc(CCCC)c4ccsc4c3sc2c2sccc12. The summed E-state index contributed by atoms with van der Waals surface area (Å²) >= 11 is 5.85. The predicted octanol–water partition coefficient (Wildman–Crippen LogP) is 9.17. The van der Waals surface area contributed by atoms with Gasteiger partial charge in [0.1, 0.15) is 0 Å². The van der Waals surface area contributed by atoms with Gasteiger partial charge in [0.2, 0.25) is 0 Å². The molecule has 3 heteroatoms. The molecule has 0 aliphatic carbocycles. The molecular weight excluding hydrogens is 384 g/mol. The number of aryl methyl sites for hydroxylation is 2. The summed E-state index contributed by atoms with van der Waals surface area (Å²) in [6.45, 7) is 4.58. The third-order valence-corrected chi connectivity index (χ3v) is 9.03. The fraction of sp³-hybridized carbons (Fsp3) is 0.333. The molecule has 0 nitrogen and oxygen atoms in total. The molecule has 27 heavy (non-hydrogen) atoms. The van der Waals surface area contributed by atoms with Crippen molar-refractivity contribution in [1.29, 1.82) is 0 Å². The summed E-state index contributed by atoms with van der Waals surface area (Å²) < 4.78 is 5.99. The Hall–Kier alpha value is -1.42. The zero-order chi connectivity index (χ0) is 18.4. The Morgan fingerprint density at radius 1 is 0.630 bits per heavy atom. The number of benzene rings is 2. The molecule has 3 aromatic heterocycles. The molecule has 138 valence electrons. The zero-order valence-corrected chi connectivity index (χ0v) is 18.4. The third-order valence-electron chi connectivity index (χ3n) is 5.65. The topological polar surface area (TPSA) is 0 Å². The summed E-state index contributed by atoms with van der Waals surface area (Å²) in [5.74, 6) is 0. The van der Waals surface area contributed by atoms with E-state index in [9.17, 15) is 0 Å². The Balaban J connectivity index is 1.85. The van der Waals surface area contributed by atoms with Crippen LogP contribution in [-0.2, 0) is 12.8 Å². The molecule has 0 amide bonds. The highest BCUT2D eigenvalue weighted by molar-refractivity contribution is 7.33. The van der Waals surface area contributed by atoms with Crippen LogP contribution in [0.15, 0.2) is 35.0 Å². The Labute approximate surface area is 172 Å². The van der Waals surface area contributed by atoms with Crippen molar-refractivity contribution in [3.05, 3.63) is 46.2 Å². The number of unbranched alkanes of at least 4 members (excludes halogenated alkanes) is 2. The van der Waals surface area contributed by atoms with Gasteiger partial charge in [0.05, 0.1) is 18.8 Å². The van der Waals surface area contributed by atoms with E-state index in [2.05, 4.69) is 48.9 Å². The molecule has 2 aromatic carbocycles. The van der Waals surface area contributed by atoms with Crippen molar-refractivity contribution >= 4 is 74.4 Å². The van der Waals surface area contributed by atoms with E-state index in [1.165, 1.54) is 78.9 Å². The van der Waals surface area contributed by atoms with Crippen LogP contribution in [-0.4, -0.2) is 0 Å². The van der Waals surface area contributed by atoms with Crippen LogP contribution in [0.1, 0.15) is 50.7 Å². The van der Waals surface area contributed by atoms with Crippen LogP contribution in [0.2, 0.25) is 0 Å². The number of thiophene rings is 3. The predicted molar refractivity (Wildman–Crippen MR) is 127 cm³/mol. The van der Waals surface area contributed by atoms with Crippen LogP contribution in [0.4, 0.5) is 0 Å². The van der Waals surface area contributed by atoms with Crippen LogP contribution in [0.5, 0.6) is 0 Å². The lowest BCUT2D eigenvalue weighted by molar-refractivity contribution is 0.799. The number of hydrogen-bond acceptors (Lipinski definition) is 3.